The van der Waals surface area contributed by atoms with Crippen LogP contribution in [0.15, 0.2) is 12.1 Å². The largest absolute Gasteiger partial charge is 0.379 e. The first-order chi connectivity index (χ1) is 9.40. The van der Waals surface area contributed by atoms with E-state index in [1.807, 2.05) is 0 Å². The van der Waals surface area contributed by atoms with Crippen LogP contribution in [0.4, 0.5) is 20.2 Å². The Kier molecular flexibility index (Phi) is 4.15. The summed E-state index contributed by atoms with van der Waals surface area (Å²) in [5.74, 6) is -1.87. The highest BCUT2D eigenvalue weighted by atomic mass is 19.1. The fraction of sp³-hybridized carbons (Fsp3) is 0.500. The standard InChI is InChI=1S/C12H15F2N3O3/c1-8(18)15-2-4-16(5-3-15)11-6-10(14)12(17(19)20)7-9(11)13/h6-8,18H,2-5H2,1H3. The summed E-state index contributed by atoms with van der Waals surface area (Å²) in [5, 5.41) is 20.0. The predicted molar refractivity (Wildman–Crippen MR) is 68.5 cm³/mol. The quantitative estimate of drug-likeness (QED) is 0.671. The highest BCUT2D eigenvalue weighted by Crippen LogP contribution is 2.28. The number of aliphatic hydroxyl groups is 1. The Labute approximate surface area is 114 Å². The SMILES string of the molecule is CC(O)N1CCN(c2cc(F)c([N+](=O)[O-])cc2F)CC1. The molecule has 1 aliphatic heterocycles. The lowest BCUT2D eigenvalue weighted by Gasteiger charge is -2.37. The fourth-order valence-corrected chi connectivity index (χ4v) is 2.24. The third-order valence-electron chi connectivity index (χ3n) is 3.40. The second-order valence-corrected chi connectivity index (χ2v) is 4.67. The van der Waals surface area contributed by atoms with E-state index in [9.17, 15) is 24.0 Å². The highest BCUT2D eigenvalue weighted by molar-refractivity contribution is 5.53. The molecule has 0 amide bonds. The van der Waals surface area contributed by atoms with E-state index in [1.165, 1.54) is 0 Å². The van der Waals surface area contributed by atoms with Crippen molar-refractivity contribution in [1.29, 1.82) is 0 Å². The van der Waals surface area contributed by atoms with Crippen molar-refractivity contribution in [3.05, 3.63) is 33.9 Å². The van der Waals surface area contributed by atoms with Gasteiger partial charge in [0.25, 0.3) is 0 Å². The van der Waals surface area contributed by atoms with Crippen LogP contribution >= 0.6 is 0 Å². The van der Waals surface area contributed by atoms with Gasteiger partial charge < -0.3 is 10.0 Å². The van der Waals surface area contributed by atoms with Crippen LogP contribution in [-0.2, 0) is 0 Å². The molecule has 1 aromatic rings. The average Bonchev–Trinajstić information content (AvgIpc) is 2.40. The first-order valence-electron chi connectivity index (χ1n) is 6.20. The number of anilines is 1. The summed E-state index contributed by atoms with van der Waals surface area (Å²) in [6.45, 7) is 3.49. The van der Waals surface area contributed by atoms with Gasteiger partial charge in [0.05, 0.1) is 16.7 Å². The van der Waals surface area contributed by atoms with Crippen molar-refractivity contribution in [3.63, 3.8) is 0 Å². The van der Waals surface area contributed by atoms with Gasteiger partial charge in [0.1, 0.15) is 6.23 Å². The summed E-state index contributed by atoms with van der Waals surface area (Å²) in [4.78, 5) is 13.0. The topological polar surface area (TPSA) is 69.8 Å². The molecular formula is C12H15F2N3O3. The van der Waals surface area contributed by atoms with Crippen molar-refractivity contribution < 1.29 is 18.8 Å². The van der Waals surface area contributed by atoms with Gasteiger partial charge in [-0.25, -0.2) is 4.39 Å². The van der Waals surface area contributed by atoms with E-state index < -0.39 is 28.5 Å². The average molecular weight is 287 g/mol. The van der Waals surface area contributed by atoms with Crippen LogP contribution < -0.4 is 4.90 Å². The highest BCUT2D eigenvalue weighted by Gasteiger charge is 2.25. The summed E-state index contributed by atoms with van der Waals surface area (Å²) in [5.41, 5.74) is -0.854. The third kappa shape index (κ3) is 2.86. The molecule has 1 heterocycles. The van der Waals surface area contributed by atoms with E-state index >= 15 is 0 Å². The van der Waals surface area contributed by atoms with Crippen molar-refractivity contribution in [2.75, 3.05) is 31.1 Å². The molecule has 0 aliphatic carbocycles. The van der Waals surface area contributed by atoms with E-state index in [1.54, 1.807) is 16.7 Å². The second kappa shape index (κ2) is 5.68. The number of hydrogen-bond donors (Lipinski definition) is 1. The van der Waals surface area contributed by atoms with Crippen LogP contribution in [0, 0.1) is 21.7 Å². The number of benzene rings is 1. The summed E-state index contributed by atoms with van der Waals surface area (Å²) in [6.07, 6.45) is -0.587. The lowest BCUT2D eigenvalue weighted by atomic mass is 10.2. The van der Waals surface area contributed by atoms with Crippen LogP contribution in [0.3, 0.4) is 0 Å². The molecule has 1 saturated heterocycles. The molecule has 1 unspecified atom stereocenters. The Bertz CT molecular complexity index is 517. The number of nitro benzene ring substituents is 1. The molecule has 8 heteroatoms. The molecule has 1 fully saturated rings. The van der Waals surface area contributed by atoms with Gasteiger partial charge in [0, 0.05) is 32.2 Å². The minimum absolute atomic E-state index is 0.0124. The molecule has 20 heavy (non-hydrogen) atoms. The van der Waals surface area contributed by atoms with Gasteiger partial charge >= 0.3 is 5.69 Å². The number of piperazine rings is 1. The Balaban J connectivity index is 2.18. The van der Waals surface area contributed by atoms with Crippen molar-refractivity contribution in [3.8, 4) is 0 Å². The van der Waals surface area contributed by atoms with E-state index in [-0.39, 0.29) is 5.69 Å². The van der Waals surface area contributed by atoms with Crippen LogP contribution in [0.1, 0.15) is 6.92 Å². The van der Waals surface area contributed by atoms with Crippen molar-refractivity contribution in [1.82, 2.24) is 4.90 Å². The molecule has 1 aliphatic rings. The van der Waals surface area contributed by atoms with E-state index in [4.69, 9.17) is 0 Å². The van der Waals surface area contributed by atoms with E-state index in [0.717, 1.165) is 6.07 Å². The van der Waals surface area contributed by atoms with Crippen LogP contribution in [0.2, 0.25) is 0 Å². The first-order valence-corrected chi connectivity index (χ1v) is 6.20. The molecule has 1 N–H and O–H groups in total. The van der Waals surface area contributed by atoms with Gasteiger partial charge in [-0.1, -0.05) is 0 Å². The van der Waals surface area contributed by atoms with Crippen LogP contribution in [0.25, 0.3) is 0 Å². The first kappa shape index (κ1) is 14.6. The molecule has 0 bridgehead atoms. The van der Waals surface area contributed by atoms with Gasteiger partial charge in [0.2, 0.25) is 5.82 Å². The molecule has 6 nitrogen and oxygen atoms in total. The summed E-state index contributed by atoms with van der Waals surface area (Å²) in [6, 6.07) is 1.46. The monoisotopic (exact) mass is 287 g/mol. The van der Waals surface area contributed by atoms with Gasteiger partial charge in [-0.3, -0.25) is 15.0 Å². The maximum absolute atomic E-state index is 13.9. The minimum Gasteiger partial charge on any atom is -0.379 e. The Morgan fingerprint density at radius 3 is 2.35 bits per heavy atom. The van der Waals surface area contributed by atoms with Gasteiger partial charge in [-0.15, -0.1) is 0 Å². The number of halogens is 2. The molecular weight excluding hydrogens is 272 g/mol. The molecule has 0 aromatic heterocycles. The summed E-state index contributed by atoms with van der Waals surface area (Å²) < 4.78 is 27.4. The molecule has 110 valence electrons. The number of nitro groups is 1. The fourth-order valence-electron chi connectivity index (χ4n) is 2.24. The smallest absolute Gasteiger partial charge is 0.307 e. The van der Waals surface area contributed by atoms with Crippen molar-refractivity contribution >= 4 is 11.4 Å². The second-order valence-electron chi connectivity index (χ2n) is 4.67. The molecule has 0 spiro atoms. The van der Waals surface area contributed by atoms with Gasteiger partial charge in [-0.2, -0.15) is 4.39 Å². The predicted octanol–water partition coefficient (Wildman–Crippen LogP) is 1.33. The number of hydrogen-bond acceptors (Lipinski definition) is 5. The van der Waals surface area contributed by atoms with Gasteiger partial charge in [-0.05, 0) is 6.92 Å². The summed E-state index contributed by atoms with van der Waals surface area (Å²) >= 11 is 0. The van der Waals surface area contributed by atoms with Crippen molar-refractivity contribution in [2.24, 2.45) is 0 Å². The number of rotatable bonds is 3. The molecule has 0 saturated carbocycles. The Hall–Kier alpha value is -1.80. The zero-order valence-electron chi connectivity index (χ0n) is 10.9. The molecule has 0 radical (unpaired) electrons. The zero-order chi connectivity index (χ0) is 14.9. The molecule has 1 aromatic carbocycles. The maximum Gasteiger partial charge on any atom is 0.307 e. The zero-order valence-corrected chi connectivity index (χ0v) is 10.9. The van der Waals surface area contributed by atoms with Crippen LogP contribution in [0.5, 0.6) is 0 Å². The van der Waals surface area contributed by atoms with Crippen LogP contribution in [-0.4, -0.2) is 47.3 Å². The molecule has 1 atom stereocenters. The minimum atomic E-state index is -1.05. The van der Waals surface area contributed by atoms with E-state index in [2.05, 4.69) is 0 Å². The Morgan fingerprint density at radius 2 is 1.85 bits per heavy atom. The van der Waals surface area contributed by atoms with Crippen molar-refractivity contribution in [2.45, 2.75) is 13.2 Å². The van der Waals surface area contributed by atoms with E-state index in [0.29, 0.717) is 32.2 Å². The lowest BCUT2D eigenvalue weighted by molar-refractivity contribution is -0.387. The Morgan fingerprint density at radius 1 is 1.25 bits per heavy atom. The van der Waals surface area contributed by atoms with Gasteiger partial charge in [0.15, 0.2) is 5.82 Å². The lowest BCUT2D eigenvalue weighted by Crippen LogP contribution is -2.49. The maximum atomic E-state index is 13.9. The normalized spacial score (nSPS) is 18.1. The molecule has 2 rings (SSSR count). The number of nitrogens with zero attached hydrogens (tertiary/aromatic N) is 3. The third-order valence-corrected chi connectivity index (χ3v) is 3.40. The number of aliphatic hydroxyl groups excluding tert-OH is 1. The summed E-state index contributed by atoms with van der Waals surface area (Å²) in [7, 11) is 0.